The summed E-state index contributed by atoms with van der Waals surface area (Å²) in [6, 6.07) is 17.5. The minimum absolute atomic E-state index is 0.0679. The van der Waals surface area contributed by atoms with Crippen LogP contribution in [0.25, 0.3) is 0 Å². The molecule has 0 bridgehead atoms. The second kappa shape index (κ2) is 9.60. The van der Waals surface area contributed by atoms with Gasteiger partial charge < -0.3 is 10.1 Å². The van der Waals surface area contributed by atoms with Crippen LogP contribution in [-0.2, 0) is 14.8 Å². The van der Waals surface area contributed by atoms with E-state index < -0.39 is 22.5 Å². The van der Waals surface area contributed by atoms with Crippen LogP contribution in [0, 0.1) is 6.92 Å². The van der Waals surface area contributed by atoms with Crippen molar-refractivity contribution in [3.8, 4) is 5.75 Å². The Labute approximate surface area is 191 Å². The van der Waals surface area contributed by atoms with Crippen LogP contribution in [0.2, 0.25) is 10.0 Å². The van der Waals surface area contributed by atoms with Crippen LogP contribution in [-0.4, -0.2) is 28.0 Å². The average Bonchev–Trinajstić information content (AvgIpc) is 2.72. The number of carbonyl (C=O) groups is 1. The molecule has 9 heteroatoms. The molecule has 0 saturated carbocycles. The highest BCUT2D eigenvalue weighted by Gasteiger charge is 2.27. The number of rotatable bonds is 7. The van der Waals surface area contributed by atoms with Crippen molar-refractivity contribution < 1.29 is 17.9 Å². The molecule has 0 aliphatic heterocycles. The molecule has 0 saturated heterocycles. The average molecular weight is 479 g/mol. The van der Waals surface area contributed by atoms with Gasteiger partial charge in [0.2, 0.25) is 5.91 Å². The van der Waals surface area contributed by atoms with Crippen molar-refractivity contribution >= 4 is 50.5 Å². The van der Waals surface area contributed by atoms with Gasteiger partial charge in [-0.1, -0.05) is 47.0 Å². The highest BCUT2D eigenvalue weighted by molar-refractivity contribution is 7.92. The molecule has 0 aliphatic rings. The lowest BCUT2D eigenvalue weighted by molar-refractivity contribution is -0.114. The number of aryl methyl sites for hydroxylation is 1. The summed E-state index contributed by atoms with van der Waals surface area (Å²) in [7, 11) is -2.54. The summed E-state index contributed by atoms with van der Waals surface area (Å²) in [6.07, 6.45) is 0. The molecule has 1 N–H and O–H groups in total. The number of halogens is 2. The van der Waals surface area contributed by atoms with E-state index in [0.717, 1.165) is 9.87 Å². The number of hydrogen-bond acceptors (Lipinski definition) is 4. The Bertz CT molecular complexity index is 1200. The summed E-state index contributed by atoms with van der Waals surface area (Å²) in [5.74, 6) is -0.0842. The monoisotopic (exact) mass is 478 g/mol. The van der Waals surface area contributed by atoms with Crippen LogP contribution in [0.4, 0.5) is 11.4 Å². The lowest BCUT2D eigenvalue weighted by Crippen LogP contribution is -2.38. The van der Waals surface area contributed by atoms with Crippen LogP contribution in [0.3, 0.4) is 0 Å². The second-order valence-corrected chi connectivity index (χ2v) is 9.41. The number of amides is 1. The third-order valence-electron chi connectivity index (χ3n) is 4.43. The second-order valence-electron chi connectivity index (χ2n) is 6.70. The molecular formula is C22H20Cl2N2O4S. The number of methoxy groups -OCH3 is 1. The summed E-state index contributed by atoms with van der Waals surface area (Å²) in [6.45, 7) is 1.40. The Hall–Kier alpha value is -2.74. The van der Waals surface area contributed by atoms with Gasteiger partial charge in [0, 0.05) is 10.7 Å². The number of hydrogen-bond donors (Lipinski definition) is 1. The maximum absolute atomic E-state index is 13.3. The van der Waals surface area contributed by atoms with Crippen molar-refractivity contribution in [3.63, 3.8) is 0 Å². The summed E-state index contributed by atoms with van der Waals surface area (Å²) in [5.41, 5.74) is 1.60. The molecular weight excluding hydrogens is 459 g/mol. The lowest BCUT2D eigenvalue weighted by Gasteiger charge is -2.24. The number of carbonyl (C=O) groups excluding carboxylic acids is 1. The largest absolute Gasteiger partial charge is 0.495 e. The Morgan fingerprint density at radius 1 is 1.03 bits per heavy atom. The fraction of sp³-hybridized carbons (Fsp3) is 0.136. The van der Waals surface area contributed by atoms with Gasteiger partial charge in [-0.15, -0.1) is 0 Å². The third kappa shape index (κ3) is 5.50. The van der Waals surface area contributed by atoms with Gasteiger partial charge in [-0.25, -0.2) is 8.42 Å². The molecule has 3 rings (SSSR count). The van der Waals surface area contributed by atoms with E-state index in [1.165, 1.54) is 31.4 Å². The van der Waals surface area contributed by atoms with Gasteiger partial charge in [0.1, 0.15) is 12.3 Å². The summed E-state index contributed by atoms with van der Waals surface area (Å²) in [4.78, 5) is 12.8. The normalized spacial score (nSPS) is 11.1. The molecule has 3 aromatic rings. The van der Waals surface area contributed by atoms with Gasteiger partial charge in [0.05, 0.1) is 22.7 Å². The maximum Gasteiger partial charge on any atom is 0.264 e. The number of ether oxygens (including phenoxy) is 1. The predicted octanol–water partition coefficient (Wildman–Crippen LogP) is 5.14. The first kappa shape index (κ1) is 22.9. The van der Waals surface area contributed by atoms with Crippen molar-refractivity contribution in [3.05, 3.63) is 82.3 Å². The molecule has 0 aromatic heterocycles. The molecule has 0 radical (unpaired) electrons. The highest BCUT2D eigenvalue weighted by atomic mass is 35.5. The van der Waals surface area contributed by atoms with Gasteiger partial charge in [-0.2, -0.15) is 0 Å². The SMILES string of the molecule is COc1ccc(NC(=O)CN(c2cccc(Cl)c2)S(=O)(=O)c2ccc(C)cc2)cc1Cl. The van der Waals surface area contributed by atoms with E-state index in [1.807, 2.05) is 6.92 Å². The van der Waals surface area contributed by atoms with E-state index in [9.17, 15) is 13.2 Å². The first-order valence-corrected chi connectivity index (χ1v) is 11.4. The van der Waals surface area contributed by atoms with E-state index >= 15 is 0 Å². The van der Waals surface area contributed by atoms with E-state index in [0.29, 0.717) is 21.5 Å². The lowest BCUT2D eigenvalue weighted by atomic mass is 10.2. The van der Waals surface area contributed by atoms with Gasteiger partial charge in [-0.3, -0.25) is 9.10 Å². The van der Waals surface area contributed by atoms with Crippen LogP contribution in [0.1, 0.15) is 5.56 Å². The van der Waals surface area contributed by atoms with E-state index in [1.54, 1.807) is 42.5 Å². The van der Waals surface area contributed by atoms with Crippen molar-refractivity contribution in [2.75, 3.05) is 23.3 Å². The Morgan fingerprint density at radius 2 is 1.74 bits per heavy atom. The fourth-order valence-corrected chi connectivity index (χ4v) is 4.71. The molecule has 0 atom stereocenters. The summed E-state index contributed by atoms with van der Waals surface area (Å²) < 4.78 is 32.8. The molecule has 162 valence electrons. The van der Waals surface area contributed by atoms with Crippen molar-refractivity contribution in [1.82, 2.24) is 0 Å². The number of benzene rings is 3. The highest BCUT2D eigenvalue weighted by Crippen LogP contribution is 2.28. The first-order valence-electron chi connectivity index (χ1n) is 9.19. The minimum Gasteiger partial charge on any atom is -0.495 e. The van der Waals surface area contributed by atoms with E-state index in [4.69, 9.17) is 27.9 Å². The Morgan fingerprint density at radius 3 is 2.35 bits per heavy atom. The Balaban J connectivity index is 1.92. The van der Waals surface area contributed by atoms with Crippen molar-refractivity contribution in [2.45, 2.75) is 11.8 Å². The van der Waals surface area contributed by atoms with Gasteiger partial charge in [-0.05, 0) is 55.5 Å². The molecule has 3 aromatic carbocycles. The zero-order chi connectivity index (χ0) is 22.6. The Kier molecular flexibility index (Phi) is 7.10. The smallest absolute Gasteiger partial charge is 0.264 e. The molecule has 31 heavy (non-hydrogen) atoms. The number of nitrogens with zero attached hydrogens (tertiary/aromatic N) is 1. The zero-order valence-corrected chi connectivity index (χ0v) is 19.1. The molecule has 0 aliphatic carbocycles. The van der Waals surface area contributed by atoms with Crippen LogP contribution >= 0.6 is 23.2 Å². The van der Waals surface area contributed by atoms with Crippen LogP contribution in [0.15, 0.2) is 71.6 Å². The van der Waals surface area contributed by atoms with Crippen LogP contribution in [0.5, 0.6) is 5.75 Å². The quantitative estimate of drug-likeness (QED) is 0.509. The first-order chi connectivity index (χ1) is 14.7. The van der Waals surface area contributed by atoms with Gasteiger partial charge >= 0.3 is 0 Å². The molecule has 6 nitrogen and oxygen atoms in total. The summed E-state index contributed by atoms with van der Waals surface area (Å²) in [5, 5.41) is 3.33. The molecule has 0 unspecified atom stereocenters. The maximum atomic E-state index is 13.3. The van der Waals surface area contributed by atoms with Crippen molar-refractivity contribution in [2.24, 2.45) is 0 Å². The molecule has 0 heterocycles. The standard InChI is InChI=1S/C22H20Cl2N2O4S/c1-15-6-9-19(10-7-15)31(28,29)26(18-5-3-4-16(23)12-18)14-22(27)25-17-8-11-21(30-2)20(24)13-17/h3-13H,14H2,1-2H3,(H,25,27). The van der Waals surface area contributed by atoms with Crippen LogP contribution < -0.4 is 14.4 Å². The van der Waals surface area contributed by atoms with E-state index in [2.05, 4.69) is 5.32 Å². The van der Waals surface area contributed by atoms with Crippen molar-refractivity contribution in [1.29, 1.82) is 0 Å². The van der Waals surface area contributed by atoms with E-state index in [-0.39, 0.29) is 10.6 Å². The topological polar surface area (TPSA) is 75.7 Å². The minimum atomic E-state index is -4.03. The van der Waals surface area contributed by atoms with Gasteiger partial charge in [0.25, 0.3) is 10.0 Å². The molecule has 0 fully saturated rings. The number of anilines is 2. The predicted molar refractivity (Wildman–Crippen MR) is 124 cm³/mol. The zero-order valence-electron chi connectivity index (χ0n) is 16.8. The fourth-order valence-electron chi connectivity index (χ4n) is 2.86. The summed E-state index contributed by atoms with van der Waals surface area (Å²) >= 11 is 12.2. The molecule has 0 spiro atoms. The number of nitrogens with one attached hydrogen (secondary N) is 1. The number of sulfonamides is 1. The van der Waals surface area contributed by atoms with Gasteiger partial charge in [0.15, 0.2) is 0 Å². The third-order valence-corrected chi connectivity index (χ3v) is 6.75. The molecule has 1 amide bonds.